The van der Waals surface area contributed by atoms with Crippen molar-refractivity contribution in [3.63, 3.8) is 0 Å². The molecule has 2 heterocycles. The summed E-state index contributed by atoms with van der Waals surface area (Å²) >= 11 is 0. The van der Waals surface area contributed by atoms with Crippen LogP contribution in [0.3, 0.4) is 0 Å². The van der Waals surface area contributed by atoms with Crippen molar-refractivity contribution in [1.29, 1.82) is 0 Å². The molecule has 0 atom stereocenters. The monoisotopic (exact) mass is 353 g/mol. The van der Waals surface area contributed by atoms with Crippen LogP contribution in [0.1, 0.15) is 27.0 Å². The Labute approximate surface area is 154 Å². The van der Waals surface area contributed by atoms with Gasteiger partial charge in [0.15, 0.2) is 11.5 Å². The minimum Gasteiger partial charge on any atom is -0.454 e. The largest absolute Gasteiger partial charge is 0.454 e. The third-order valence-corrected chi connectivity index (χ3v) is 5.12. The Morgan fingerprint density at radius 1 is 1.00 bits per heavy atom. The van der Waals surface area contributed by atoms with Crippen molar-refractivity contribution in [2.24, 2.45) is 0 Å². The average Bonchev–Trinajstić information content (AvgIpc) is 3.09. The first kappa shape index (κ1) is 16.9. The molecule has 5 heteroatoms. The van der Waals surface area contributed by atoms with Crippen LogP contribution in [0.5, 0.6) is 11.5 Å². The number of hydrogen-bond donors (Lipinski definition) is 1. The van der Waals surface area contributed by atoms with E-state index >= 15 is 0 Å². The van der Waals surface area contributed by atoms with Gasteiger partial charge < -0.3 is 19.3 Å². The van der Waals surface area contributed by atoms with E-state index in [-0.39, 0.29) is 5.91 Å². The average molecular weight is 353 g/mol. The van der Waals surface area contributed by atoms with Crippen LogP contribution in [-0.4, -0.2) is 43.8 Å². The summed E-state index contributed by atoms with van der Waals surface area (Å²) in [5.41, 5.74) is 4.33. The molecule has 0 aromatic heterocycles. The molecule has 5 nitrogen and oxygen atoms in total. The molecule has 0 bridgehead atoms. The van der Waals surface area contributed by atoms with Gasteiger partial charge in [-0.3, -0.25) is 4.79 Å². The molecule has 1 saturated heterocycles. The number of carbonyl (C=O) groups is 1. The molecule has 136 valence electrons. The second-order valence-electron chi connectivity index (χ2n) is 7.28. The third kappa shape index (κ3) is 3.53. The van der Waals surface area contributed by atoms with Gasteiger partial charge in [-0.05, 0) is 44.2 Å². The lowest BCUT2D eigenvalue weighted by molar-refractivity contribution is -0.917. The fraction of sp³-hybridized carbons (Fsp3) is 0.381. The van der Waals surface area contributed by atoms with Gasteiger partial charge in [0.2, 0.25) is 6.79 Å². The topological polar surface area (TPSA) is 43.2 Å². The Morgan fingerprint density at radius 3 is 2.42 bits per heavy atom. The Hall–Kier alpha value is -2.53. The minimum absolute atomic E-state index is 0.152. The van der Waals surface area contributed by atoms with Gasteiger partial charge in [-0.25, -0.2) is 0 Å². The Kier molecular flexibility index (Phi) is 4.55. The zero-order chi connectivity index (χ0) is 18.1. The van der Waals surface area contributed by atoms with Crippen LogP contribution in [0.15, 0.2) is 36.4 Å². The number of benzene rings is 2. The minimum atomic E-state index is 0.152. The number of piperazine rings is 1. The molecule has 2 aliphatic rings. The molecule has 0 unspecified atom stereocenters. The lowest BCUT2D eigenvalue weighted by Crippen LogP contribution is -3.13. The van der Waals surface area contributed by atoms with E-state index in [1.165, 1.54) is 10.5 Å². The first-order valence-corrected chi connectivity index (χ1v) is 9.18. The van der Waals surface area contributed by atoms with Crippen molar-refractivity contribution in [3.8, 4) is 11.5 Å². The van der Waals surface area contributed by atoms with Crippen LogP contribution in [0.25, 0.3) is 0 Å². The molecule has 2 aromatic rings. The number of aryl methyl sites for hydroxylation is 2. The maximum absolute atomic E-state index is 12.8. The number of fused-ring (bicyclic) bond motifs is 1. The summed E-state index contributed by atoms with van der Waals surface area (Å²) in [6.07, 6.45) is 0. The van der Waals surface area contributed by atoms with E-state index in [0.29, 0.717) is 6.79 Å². The van der Waals surface area contributed by atoms with Gasteiger partial charge in [-0.2, -0.15) is 0 Å². The molecule has 4 rings (SSSR count). The molecule has 26 heavy (non-hydrogen) atoms. The molecule has 2 aliphatic heterocycles. The van der Waals surface area contributed by atoms with Crippen molar-refractivity contribution in [2.75, 3.05) is 33.0 Å². The molecule has 0 aliphatic carbocycles. The highest BCUT2D eigenvalue weighted by Gasteiger charge is 2.25. The van der Waals surface area contributed by atoms with Crippen molar-refractivity contribution in [2.45, 2.75) is 20.4 Å². The summed E-state index contributed by atoms with van der Waals surface area (Å²) in [5, 5.41) is 0. The molecule has 1 fully saturated rings. The molecular weight excluding hydrogens is 328 g/mol. The van der Waals surface area contributed by atoms with Gasteiger partial charge in [0.1, 0.15) is 6.54 Å². The zero-order valence-electron chi connectivity index (χ0n) is 15.4. The first-order valence-electron chi connectivity index (χ1n) is 9.18. The Morgan fingerprint density at radius 2 is 1.69 bits per heavy atom. The summed E-state index contributed by atoms with van der Waals surface area (Å²) in [6.45, 7) is 8.86. The highest BCUT2D eigenvalue weighted by atomic mass is 16.7. The molecule has 2 aromatic carbocycles. The molecule has 0 radical (unpaired) electrons. The van der Waals surface area contributed by atoms with E-state index in [1.54, 1.807) is 0 Å². The number of ether oxygens (including phenoxy) is 2. The van der Waals surface area contributed by atoms with Gasteiger partial charge >= 0.3 is 0 Å². The van der Waals surface area contributed by atoms with Crippen LogP contribution < -0.4 is 14.4 Å². The standard InChI is InChI=1S/C21H24N2O3/c1-15-9-16(2)11-18(10-15)21(24)23-7-5-22(6-8-23)13-17-3-4-19-20(12-17)26-14-25-19/h3-4,9-12H,5-8,13-14H2,1-2H3/p+1. The number of carbonyl (C=O) groups excluding carboxylic acids is 1. The lowest BCUT2D eigenvalue weighted by atomic mass is 10.1. The fourth-order valence-corrected chi connectivity index (χ4v) is 3.82. The molecule has 1 N–H and O–H groups in total. The van der Waals surface area contributed by atoms with E-state index in [0.717, 1.165) is 60.9 Å². The predicted octanol–water partition coefficient (Wildman–Crippen LogP) is 1.57. The summed E-state index contributed by atoms with van der Waals surface area (Å²) < 4.78 is 10.8. The van der Waals surface area contributed by atoms with E-state index < -0.39 is 0 Å². The summed E-state index contributed by atoms with van der Waals surface area (Å²) in [6, 6.07) is 12.2. The van der Waals surface area contributed by atoms with E-state index in [4.69, 9.17) is 9.47 Å². The van der Waals surface area contributed by atoms with Crippen molar-refractivity contribution >= 4 is 5.91 Å². The number of hydrogen-bond acceptors (Lipinski definition) is 3. The van der Waals surface area contributed by atoms with Gasteiger partial charge in [0, 0.05) is 11.1 Å². The van der Waals surface area contributed by atoms with Crippen molar-refractivity contribution in [1.82, 2.24) is 4.90 Å². The maximum atomic E-state index is 12.8. The normalized spacial score (nSPS) is 16.8. The number of rotatable bonds is 3. The number of nitrogens with one attached hydrogen (secondary N) is 1. The summed E-state index contributed by atoms with van der Waals surface area (Å²) in [4.78, 5) is 16.3. The van der Waals surface area contributed by atoms with Crippen LogP contribution >= 0.6 is 0 Å². The van der Waals surface area contributed by atoms with Crippen LogP contribution in [0.2, 0.25) is 0 Å². The number of quaternary nitrogens is 1. The van der Waals surface area contributed by atoms with Crippen LogP contribution in [0, 0.1) is 13.8 Å². The Balaban J connectivity index is 1.36. The third-order valence-electron chi connectivity index (χ3n) is 5.12. The highest BCUT2D eigenvalue weighted by Crippen LogP contribution is 2.32. The SMILES string of the molecule is Cc1cc(C)cc(C(=O)N2CC[NH+](Cc3ccc4c(c3)OCO4)CC2)c1. The molecule has 0 spiro atoms. The quantitative estimate of drug-likeness (QED) is 0.911. The van der Waals surface area contributed by atoms with E-state index in [1.807, 2.05) is 36.9 Å². The van der Waals surface area contributed by atoms with Crippen molar-refractivity contribution in [3.05, 3.63) is 58.7 Å². The maximum Gasteiger partial charge on any atom is 0.254 e. The van der Waals surface area contributed by atoms with E-state index in [2.05, 4.69) is 18.2 Å². The second kappa shape index (κ2) is 7.00. The van der Waals surface area contributed by atoms with Gasteiger partial charge in [-0.15, -0.1) is 0 Å². The van der Waals surface area contributed by atoms with Crippen LogP contribution in [-0.2, 0) is 6.54 Å². The summed E-state index contributed by atoms with van der Waals surface area (Å²) in [7, 11) is 0. The summed E-state index contributed by atoms with van der Waals surface area (Å²) in [5.74, 6) is 1.82. The molecule has 1 amide bonds. The van der Waals surface area contributed by atoms with Gasteiger partial charge in [0.05, 0.1) is 26.2 Å². The number of nitrogens with zero attached hydrogens (tertiary/aromatic N) is 1. The predicted molar refractivity (Wildman–Crippen MR) is 98.8 cm³/mol. The highest BCUT2D eigenvalue weighted by molar-refractivity contribution is 5.94. The van der Waals surface area contributed by atoms with Gasteiger partial charge in [0.25, 0.3) is 5.91 Å². The van der Waals surface area contributed by atoms with Crippen molar-refractivity contribution < 1.29 is 19.2 Å². The zero-order valence-corrected chi connectivity index (χ0v) is 15.4. The smallest absolute Gasteiger partial charge is 0.254 e. The lowest BCUT2D eigenvalue weighted by Gasteiger charge is -2.32. The molecule has 0 saturated carbocycles. The van der Waals surface area contributed by atoms with Crippen LogP contribution in [0.4, 0.5) is 0 Å². The first-order chi connectivity index (χ1) is 12.6. The second-order valence-corrected chi connectivity index (χ2v) is 7.28. The number of amides is 1. The Bertz CT molecular complexity index is 806. The van der Waals surface area contributed by atoms with E-state index in [9.17, 15) is 4.79 Å². The molecular formula is C21H25N2O3+. The van der Waals surface area contributed by atoms with Gasteiger partial charge in [-0.1, -0.05) is 17.2 Å². The fourth-order valence-electron chi connectivity index (χ4n) is 3.82.